The van der Waals surface area contributed by atoms with Crippen molar-refractivity contribution in [1.29, 1.82) is 0 Å². The molecule has 0 heterocycles. The van der Waals surface area contributed by atoms with Crippen LogP contribution in [0.1, 0.15) is 101 Å². The van der Waals surface area contributed by atoms with Crippen molar-refractivity contribution in [1.82, 2.24) is 47.9 Å². The molecule has 10 N–H and O–H groups in total. The fourth-order valence-corrected chi connectivity index (χ4v) is 7.06. The Morgan fingerprint density at radius 1 is 0.589 bits per heavy atom. The van der Waals surface area contributed by atoms with E-state index in [-0.39, 0.29) is 12.8 Å². The number of hydrogen-bond acceptors (Lipinski definition) is 13. The number of anilines is 1. The highest BCUT2D eigenvalue weighted by atomic mass is 127. The number of aryl methyl sites for hydroxylation is 1. The number of hydrogen-bond donors (Lipinski definition) is 10. The molecule has 10 amide bonds. The number of carbonyl (C=O) groups excluding carboxylic acids is 10. The lowest BCUT2D eigenvalue weighted by atomic mass is 9.77. The van der Waals surface area contributed by atoms with Gasteiger partial charge < -0.3 is 57.9 Å². The van der Waals surface area contributed by atoms with Crippen LogP contribution in [0, 0.1) is 13.7 Å². The van der Waals surface area contributed by atoms with Crippen LogP contribution in [0.15, 0.2) is 48.5 Å². The molecule has 0 unspecified atom stereocenters. The maximum absolute atomic E-state index is 14.1. The van der Waals surface area contributed by atoms with Crippen LogP contribution in [-0.2, 0) is 60.7 Å². The monoisotopic (exact) mass is 1140 g/mol. The van der Waals surface area contributed by atoms with Crippen molar-refractivity contribution in [2.24, 2.45) is 0 Å². The van der Waals surface area contributed by atoms with E-state index in [0.29, 0.717) is 12.1 Å². The minimum absolute atomic E-state index is 0.0958. The number of carbonyl (C=O) groups is 10. The van der Waals surface area contributed by atoms with Crippen molar-refractivity contribution >= 4 is 87.5 Å². The Hall–Kier alpha value is -6.93. The third-order valence-corrected chi connectivity index (χ3v) is 11.7. The second kappa shape index (κ2) is 27.2. The maximum Gasteiger partial charge on any atom is 0.408 e. The number of rotatable bonds is 19. The first-order chi connectivity index (χ1) is 33.7. The lowest BCUT2D eigenvalue weighted by Gasteiger charge is -2.39. The smallest absolute Gasteiger partial charge is 0.408 e. The summed E-state index contributed by atoms with van der Waals surface area (Å²) in [6.07, 6.45) is -0.110. The predicted molar refractivity (Wildman–Crippen MR) is 277 cm³/mol. The van der Waals surface area contributed by atoms with Crippen LogP contribution in [0.3, 0.4) is 0 Å². The summed E-state index contributed by atoms with van der Waals surface area (Å²) in [7, 11) is 0.889. The van der Waals surface area contributed by atoms with E-state index in [1.165, 1.54) is 62.3 Å². The van der Waals surface area contributed by atoms with Gasteiger partial charge in [0, 0.05) is 20.6 Å². The number of fused-ring (bicyclic) bond motifs is 1. The van der Waals surface area contributed by atoms with Crippen LogP contribution < -0.4 is 53.2 Å². The van der Waals surface area contributed by atoms with E-state index in [9.17, 15) is 47.9 Å². The normalized spacial score (nSPS) is 16.8. The molecule has 3 rings (SSSR count). The molecule has 402 valence electrons. The predicted octanol–water partition coefficient (Wildman–Crippen LogP) is 1.00. The van der Waals surface area contributed by atoms with Gasteiger partial charge in [-0.05, 0) is 154 Å². The van der Waals surface area contributed by atoms with Gasteiger partial charge in [0.05, 0.1) is 0 Å². The fourth-order valence-electron chi connectivity index (χ4n) is 6.70. The van der Waals surface area contributed by atoms with E-state index >= 15 is 0 Å². The van der Waals surface area contributed by atoms with E-state index in [0.717, 1.165) is 21.7 Å². The molecular weight excluding hydrogens is 1070 g/mol. The zero-order valence-electron chi connectivity index (χ0n) is 43.4. The Morgan fingerprint density at radius 3 is 1.48 bits per heavy atom. The van der Waals surface area contributed by atoms with E-state index in [1.54, 1.807) is 32.9 Å². The molecule has 0 fully saturated rings. The van der Waals surface area contributed by atoms with Crippen LogP contribution in [0.25, 0.3) is 0 Å². The Labute approximate surface area is 438 Å². The third kappa shape index (κ3) is 20.6. The highest BCUT2D eigenvalue weighted by molar-refractivity contribution is 14.1. The molecule has 24 nitrogen and oxygen atoms in total. The molecule has 1 aliphatic carbocycles. The lowest BCUT2D eigenvalue weighted by molar-refractivity contribution is -0.445. The summed E-state index contributed by atoms with van der Waals surface area (Å²) in [6, 6.07) is 6.57. The number of halogens is 1. The first kappa shape index (κ1) is 62.2. The van der Waals surface area contributed by atoms with Gasteiger partial charge in [0.25, 0.3) is 0 Å². The maximum atomic E-state index is 14.1. The highest BCUT2D eigenvalue weighted by Gasteiger charge is 2.44. The molecule has 0 bridgehead atoms. The highest BCUT2D eigenvalue weighted by Crippen LogP contribution is 2.30. The van der Waals surface area contributed by atoms with Crippen LogP contribution in [0.5, 0.6) is 0 Å². The Bertz CT molecular complexity index is 2370. The standard InChI is InChI=1S/C47H67IN10O11.CH3NO2/c1-24(50-38(62)28(5)54-43(67)47(22-21-31-15-13-14-16-32(31)23-47)58-41(65)30(7)55-44(68)69-45(8,9)10)35(59)49-25(2)36(60)52-29(6)40(64)57-46(11,12)42(66)53-27(4)37(61)51-26(3)39(63)56-34-19-17-33(48)18-20-34;1-2(3)4/h13-20,24-30H,21-23H2,1-12H3,(H,49,59)(H,50,62)(H,51,61)(H,52,60)(H,53,66)(H,54,67)(H,55,68)(H,56,63)(H,57,64)(H,58,65);1H3/t24-,25-,26-,27-,28-,29-,30-,47-;/m0./s1. The SMILES string of the molecule is C[C@H](NC(=O)OC(C)(C)C)C(=O)N[C@@]1(C(=O)N[C@@H](C)C(=O)N[C@@H](C)C(=O)N[C@@H](C)C(=O)N[C@@H](C)C(=O)NC(C)(C)C(=O)N[C@@H](C)C(=O)N[C@@H](C)C(=O)Nc2ccc(I)cc2)CCc2ccccc2C1.C[N+](=O)[O-]. The van der Waals surface area contributed by atoms with Crippen LogP contribution >= 0.6 is 22.6 Å². The molecule has 2 aromatic carbocycles. The molecule has 0 radical (unpaired) electrons. The Balaban J connectivity index is 0.00000439. The third-order valence-electron chi connectivity index (χ3n) is 11.0. The minimum atomic E-state index is -1.57. The number of nitrogens with one attached hydrogen (secondary N) is 10. The molecule has 2 aromatic rings. The molecule has 0 aromatic heterocycles. The molecule has 25 heteroatoms. The van der Waals surface area contributed by atoms with Crippen molar-refractivity contribution in [2.75, 3.05) is 12.4 Å². The first-order valence-electron chi connectivity index (χ1n) is 23.3. The summed E-state index contributed by atoms with van der Waals surface area (Å²) < 4.78 is 6.24. The fraction of sp³-hybridized carbons (Fsp3) is 0.542. The lowest BCUT2D eigenvalue weighted by Crippen LogP contribution is -2.66. The zero-order valence-corrected chi connectivity index (χ0v) is 45.6. The molecule has 0 saturated carbocycles. The Morgan fingerprint density at radius 2 is 1.00 bits per heavy atom. The summed E-state index contributed by atoms with van der Waals surface area (Å²) in [4.78, 5) is 139. The van der Waals surface area contributed by atoms with Gasteiger partial charge in [-0.3, -0.25) is 53.3 Å². The number of nitrogens with zero attached hydrogens (tertiary/aromatic N) is 1. The van der Waals surface area contributed by atoms with Crippen LogP contribution in [0.4, 0.5) is 10.5 Å². The summed E-state index contributed by atoms with van der Waals surface area (Å²) in [5, 5.41) is 34.5. The van der Waals surface area contributed by atoms with Gasteiger partial charge >= 0.3 is 6.09 Å². The quantitative estimate of drug-likeness (QED) is 0.0534. The second-order valence-electron chi connectivity index (χ2n) is 19.2. The summed E-state index contributed by atoms with van der Waals surface area (Å²) >= 11 is 2.13. The largest absolute Gasteiger partial charge is 0.444 e. The summed E-state index contributed by atoms with van der Waals surface area (Å²) in [5.74, 6) is -6.21. The number of nitro groups is 1. The van der Waals surface area contributed by atoms with Crippen molar-refractivity contribution in [2.45, 2.75) is 161 Å². The molecule has 73 heavy (non-hydrogen) atoms. The number of alkyl carbamates (subject to hydrolysis) is 1. The van der Waals surface area contributed by atoms with Crippen molar-refractivity contribution in [3.05, 3.63) is 73.3 Å². The molecule has 0 aliphatic heterocycles. The average Bonchev–Trinajstić information content (AvgIpc) is 3.28. The molecule has 0 spiro atoms. The van der Waals surface area contributed by atoms with E-state index in [1.807, 2.05) is 36.4 Å². The van der Waals surface area contributed by atoms with Crippen LogP contribution in [-0.4, -0.2) is 130 Å². The van der Waals surface area contributed by atoms with Crippen molar-refractivity contribution < 1.29 is 57.6 Å². The topological polar surface area (TPSA) is 343 Å². The first-order valence-corrected chi connectivity index (χ1v) is 24.4. The van der Waals surface area contributed by atoms with Crippen LogP contribution in [0.2, 0.25) is 0 Å². The molecule has 1 aliphatic rings. The average molecular weight is 1140 g/mol. The van der Waals surface area contributed by atoms with Gasteiger partial charge in [-0.25, -0.2) is 4.79 Å². The zero-order chi connectivity index (χ0) is 55.8. The van der Waals surface area contributed by atoms with Gasteiger partial charge in [-0.1, -0.05) is 24.3 Å². The van der Waals surface area contributed by atoms with E-state index < -0.39 is 123 Å². The van der Waals surface area contributed by atoms with E-state index in [4.69, 9.17) is 14.9 Å². The van der Waals surface area contributed by atoms with E-state index in [2.05, 4.69) is 75.8 Å². The van der Waals surface area contributed by atoms with Crippen molar-refractivity contribution in [3.8, 4) is 0 Å². The van der Waals surface area contributed by atoms with Gasteiger partial charge in [0.2, 0.25) is 53.2 Å². The molecule has 0 saturated heterocycles. The van der Waals surface area contributed by atoms with Gasteiger partial charge in [0.15, 0.2) is 7.05 Å². The van der Waals surface area contributed by atoms with Gasteiger partial charge in [-0.2, -0.15) is 0 Å². The van der Waals surface area contributed by atoms with Crippen molar-refractivity contribution in [3.63, 3.8) is 0 Å². The number of benzene rings is 2. The molecule has 8 atom stereocenters. The minimum Gasteiger partial charge on any atom is -0.444 e. The molecular formula is C48H70IN11O13. The number of ether oxygens (including phenoxy) is 1. The summed E-state index contributed by atoms with van der Waals surface area (Å²) in [5.41, 5.74) is -1.54. The van der Waals surface area contributed by atoms with Gasteiger partial charge in [-0.15, -0.1) is 0 Å². The number of amides is 10. The van der Waals surface area contributed by atoms with Gasteiger partial charge in [0.1, 0.15) is 59.0 Å². The Kier molecular flexibility index (Phi) is 23.2. The second-order valence-corrected chi connectivity index (χ2v) is 20.5. The summed E-state index contributed by atoms with van der Waals surface area (Å²) in [6.45, 7) is 17.6.